The summed E-state index contributed by atoms with van der Waals surface area (Å²) >= 11 is 6.32. The fourth-order valence-electron chi connectivity index (χ4n) is 3.05. The highest BCUT2D eigenvalue weighted by Crippen LogP contribution is 2.32. The molecule has 6 nitrogen and oxygen atoms in total. The van der Waals surface area contributed by atoms with Crippen LogP contribution in [-0.4, -0.2) is 34.7 Å². The van der Waals surface area contributed by atoms with Gasteiger partial charge in [-0.05, 0) is 37.6 Å². The van der Waals surface area contributed by atoms with E-state index in [0.29, 0.717) is 34.5 Å². The molecule has 0 N–H and O–H groups in total. The fraction of sp³-hybridized carbons (Fsp3) is 0.294. The molecule has 1 aliphatic heterocycles. The molecular formula is C17H16ClN3O3S. The smallest absolute Gasteiger partial charge is 0.217 e. The van der Waals surface area contributed by atoms with Crippen molar-refractivity contribution in [2.75, 3.05) is 11.5 Å². The highest BCUT2D eigenvalue weighted by molar-refractivity contribution is 7.91. The van der Waals surface area contributed by atoms with Crippen molar-refractivity contribution in [1.82, 2.24) is 14.8 Å². The molecule has 0 unspecified atom stereocenters. The summed E-state index contributed by atoms with van der Waals surface area (Å²) in [5.41, 5.74) is 0.672. The molecule has 3 aromatic rings. The molecule has 0 aliphatic carbocycles. The van der Waals surface area contributed by atoms with Gasteiger partial charge in [-0.15, -0.1) is 5.10 Å². The van der Waals surface area contributed by atoms with Crippen LogP contribution in [0.4, 0.5) is 0 Å². The average Bonchev–Trinajstić information content (AvgIpc) is 3.26. The maximum Gasteiger partial charge on any atom is 0.217 e. The first kappa shape index (κ1) is 16.4. The van der Waals surface area contributed by atoms with E-state index in [0.717, 1.165) is 5.76 Å². The number of sulfone groups is 1. The van der Waals surface area contributed by atoms with E-state index >= 15 is 0 Å². The molecule has 0 amide bonds. The van der Waals surface area contributed by atoms with Crippen LogP contribution in [0.5, 0.6) is 0 Å². The second-order valence-corrected chi connectivity index (χ2v) is 8.80. The largest absolute Gasteiger partial charge is 0.458 e. The van der Waals surface area contributed by atoms with Gasteiger partial charge in [0, 0.05) is 5.92 Å². The zero-order valence-corrected chi connectivity index (χ0v) is 15.1. The molecule has 1 aromatic carbocycles. The molecule has 0 bridgehead atoms. The van der Waals surface area contributed by atoms with Gasteiger partial charge in [-0.25, -0.2) is 18.1 Å². The zero-order chi connectivity index (χ0) is 17.6. The van der Waals surface area contributed by atoms with Crippen molar-refractivity contribution >= 4 is 21.4 Å². The lowest BCUT2D eigenvalue weighted by Gasteiger charge is -2.11. The Bertz CT molecular complexity index is 1040. The Morgan fingerprint density at radius 1 is 1.24 bits per heavy atom. The van der Waals surface area contributed by atoms with E-state index in [-0.39, 0.29) is 17.4 Å². The number of nitrogens with zero attached hydrogens (tertiary/aromatic N) is 3. The minimum absolute atomic E-state index is 0.0762. The van der Waals surface area contributed by atoms with Crippen LogP contribution >= 0.6 is 11.6 Å². The van der Waals surface area contributed by atoms with E-state index in [2.05, 4.69) is 10.1 Å². The van der Waals surface area contributed by atoms with E-state index in [1.54, 1.807) is 16.8 Å². The predicted octanol–water partition coefficient (Wildman–Crippen LogP) is 3.39. The van der Waals surface area contributed by atoms with Gasteiger partial charge in [0.25, 0.3) is 0 Å². The molecule has 4 rings (SSSR count). The van der Waals surface area contributed by atoms with Crippen LogP contribution in [-0.2, 0) is 9.84 Å². The van der Waals surface area contributed by atoms with Crippen molar-refractivity contribution in [1.29, 1.82) is 0 Å². The molecule has 1 aliphatic rings. The number of para-hydroxylation sites is 1. The highest BCUT2D eigenvalue weighted by Gasteiger charge is 2.34. The zero-order valence-electron chi connectivity index (χ0n) is 13.5. The summed E-state index contributed by atoms with van der Waals surface area (Å²) in [5, 5.41) is 5.07. The lowest BCUT2D eigenvalue weighted by atomic mass is 10.1. The number of hydrogen-bond donors (Lipinski definition) is 0. The number of hydrogen-bond acceptors (Lipinski definition) is 5. The summed E-state index contributed by atoms with van der Waals surface area (Å²) in [6, 6.07) is 10.9. The first-order valence-corrected chi connectivity index (χ1v) is 10.1. The first-order chi connectivity index (χ1) is 11.9. The Labute approximate surface area is 150 Å². The van der Waals surface area contributed by atoms with Crippen molar-refractivity contribution in [2.45, 2.75) is 19.3 Å². The number of benzene rings is 1. The van der Waals surface area contributed by atoms with Crippen LogP contribution in [0.15, 0.2) is 40.8 Å². The molecule has 1 saturated heterocycles. The number of halogens is 1. The molecule has 8 heteroatoms. The third kappa shape index (κ3) is 3.09. The number of rotatable bonds is 3. The van der Waals surface area contributed by atoms with Crippen molar-refractivity contribution in [2.24, 2.45) is 0 Å². The maximum atomic E-state index is 11.9. The molecule has 25 heavy (non-hydrogen) atoms. The molecule has 1 fully saturated rings. The molecule has 0 spiro atoms. The minimum atomic E-state index is -3.04. The summed E-state index contributed by atoms with van der Waals surface area (Å²) in [6.45, 7) is 1.85. The monoisotopic (exact) mass is 377 g/mol. The number of furan rings is 1. The van der Waals surface area contributed by atoms with Gasteiger partial charge in [-0.2, -0.15) is 0 Å². The van der Waals surface area contributed by atoms with Crippen molar-refractivity contribution in [3.05, 3.63) is 53.0 Å². The molecule has 2 aromatic heterocycles. The van der Waals surface area contributed by atoms with Crippen LogP contribution in [0.3, 0.4) is 0 Å². The van der Waals surface area contributed by atoms with E-state index in [4.69, 9.17) is 16.0 Å². The third-order valence-electron chi connectivity index (χ3n) is 4.27. The summed E-state index contributed by atoms with van der Waals surface area (Å²) in [6.07, 6.45) is 0.530. The van der Waals surface area contributed by atoms with Crippen LogP contribution < -0.4 is 0 Å². The summed E-state index contributed by atoms with van der Waals surface area (Å²) in [4.78, 5) is 4.59. The Morgan fingerprint density at radius 3 is 2.68 bits per heavy atom. The molecule has 0 radical (unpaired) electrons. The molecule has 0 saturated carbocycles. The third-order valence-corrected chi connectivity index (χ3v) is 6.36. The standard InChI is InChI=1S/C17H16ClN3O3S/c1-11-6-7-15(24-11)16-19-17(12-8-9-25(22,23)10-12)21(20-16)14-5-3-2-4-13(14)18/h2-7,12H,8-10H2,1H3/t12-/m0/s1. The maximum absolute atomic E-state index is 11.9. The first-order valence-electron chi connectivity index (χ1n) is 7.92. The molecule has 3 heterocycles. The van der Waals surface area contributed by atoms with E-state index < -0.39 is 9.84 Å². The van der Waals surface area contributed by atoms with Gasteiger partial charge in [-0.1, -0.05) is 23.7 Å². The van der Waals surface area contributed by atoms with Gasteiger partial charge >= 0.3 is 0 Å². The van der Waals surface area contributed by atoms with E-state index in [1.165, 1.54) is 0 Å². The van der Waals surface area contributed by atoms with E-state index in [1.807, 2.05) is 31.2 Å². The summed E-state index contributed by atoms with van der Waals surface area (Å²) < 4.78 is 31.1. The Kier molecular flexibility index (Phi) is 3.92. The second kappa shape index (κ2) is 6.00. The SMILES string of the molecule is Cc1ccc(-c2nc([C@H]3CCS(=O)(=O)C3)n(-c3ccccc3Cl)n2)o1. The van der Waals surface area contributed by atoms with Gasteiger partial charge in [0.15, 0.2) is 15.6 Å². The number of aromatic nitrogens is 3. The molecule has 1 atom stereocenters. The fourth-order valence-corrected chi connectivity index (χ4v) is 5.00. The predicted molar refractivity (Wildman–Crippen MR) is 94.8 cm³/mol. The van der Waals surface area contributed by atoms with E-state index in [9.17, 15) is 8.42 Å². The lowest BCUT2D eigenvalue weighted by Crippen LogP contribution is -2.11. The Morgan fingerprint density at radius 2 is 2.04 bits per heavy atom. The minimum Gasteiger partial charge on any atom is -0.458 e. The van der Waals surface area contributed by atoms with Crippen LogP contribution in [0.25, 0.3) is 17.3 Å². The topological polar surface area (TPSA) is 78.0 Å². The normalized spacial score (nSPS) is 19.4. The molecular weight excluding hydrogens is 362 g/mol. The van der Waals surface area contributed by atoms with Crippen molar-refractivity contribution < 1.29 is 12.8 Å². The quantitative estimate of drug-likeness (QED) is 0.699. The van der Waals surface area contributed by atoms with Gasteiger partial charge in [0.1, 0.15) is 11.6 Å². The molecule has 130 valence electrons. The van der Waals surface area contributed by atoms with Gasteiger partial charge < -0.3 is 4.42 Å². The lowest BCUT2D eigenvalue weighted by molar-refractivity contribution is 0.544. The summed E-state index contributed by atoms with van der Waals surface area (Å²) in [7, 11) is -3.04. The second-order valence-electron chi connectivity index (χ2n) is 6.17. The summed E-state index contributed by atoms with van der Waals surface area (Å²) in [5.74, 6) is 2.36. The van der Waals surface area contributed by atoms with Crippen LogP contribution in [0.1, 0.15) is 23.9 Å². The Balaban J connectivity index is 1.86. The highest BCUT2D eigenvalue weighted by atomic mass is 35.5. The van der Waals surface area contributed by atoms with Crippen molar-refractivity contribution in [3.8, 4) is 17.3 Å². The van der Waals surface area contributed by atoms with Crippen LogP contribution in [0.2, 0.25) is 5.02 Å². The van der Waals surface area contributed by atoms with Crippen LogP contribution in [0, 0.1) is 6.92 Å². The van der Waals surface area contributed by atoms with Crippen molar-refractivity contribution in [3.63, 3.8) is 0 Å². The number of aryl methyl sites for hydroxylation is 1. The van der Waals surface area contributed by atoms with Gasteiger partial charge in [0.2, 0.25) is 5.82 Å². The average molecular weight is 378 g/mol. The van der Waals surface area contributed by atoms with Gasteiger partial charge in [0.05, 0.1) is 22.2 Å². The van der Waals surface area contributed by atoms with Gasteiger partial charge in [-0.3, -0.25) is 0 Å². The Hall–Kier alpha value is -2.12.